The second-order valence-electron chi connectivity index (χ2n) is 6.09. The van der Waals surface area contributed by atoms with Crippen molar-refractivity contribution in [1.82, 2.24) is 0 Å². The molecule has 0 aromatic heterocycles. The van der Waals surface area contributed by atoms with Gasteiger partial charge >= 0.3 is 0 Å². The molecule has 1 unspecified atom stereocenters. The molecule has 0 radical (unpaired) electrons. The van der Waals surface area contributed by atoms with Crippen molar-refractivity contribution in [3.63, 3.8) is 0 Å². The number of hydrogen-bond acceptors (Lipinski definition) is 3. The number of carbonyl (C=O) groups excluding carboxylic acids is 1. The molecule has 0 heterocycles. The van der Waals surface area contributed by atoms with E-state index in [2.05, 4.69) is 5.32 Å². The third kappa shape index (κ3) is 4.38. The van der Waals surface area contributed by atoms with E-state index in [1.54, 1.807) is 19.2 Å². The first-order valence-corrected chi connectivity index (χ1v) is 7.84. The van der Waals surface area contributed by atoms with Crippen molar-refractivity contribution in [3.8, 4) is 5.75 Å². The van der Waals surface area contributed by atoms with Crippen LogP contribution < -0.4 is 15.8 Å². The lowest BCUT2D eigenvalue weighted by Gasteiger charge is -2.24. The van der Waals surface area contributed by atoms with Gasteiger partial charge in [0.15, 0.2) is 0 Å². The third-order valence-corrected chi connectivity index (χ3v) is 4.36. The van der Waals surface area contributed by atoms with Crippen molar-refractivity contribution < 1.29 is 9.53 Å². The van der Waals surface area contributed by atoms with Crippen LogP contribution in [0.1, 0.15) is 45.4 Å². The molecular weight excluding hydrogens is 264 g/mol. The Hall–Kier alpha value is -1.71. The van der Waals surface area contributed by atoms with Crippen LogP contribution in [0, 0.1) is 11.8 Å². The van der Waals surface area contributed by atoms with Gasteiger partial charge in [0.25, 0.3) is 0 Å². The fourth-order valence-electron chi connectivity index (χ4n) is 3.11. The Morgan fingerprint density at radius 3 is 2.71 bits per heavy atom. The summed E-state index contributed by atoms with van der Waals surface area (Å²) in [5, 5.41) is 2.95. The predicted molar refractivity (Wildman–Crippen MR) is 86.4 cm³/mol. The highest BCUT2D eigenvalue weighted by Crippen LogP contribution is 2.30. The number of nitrogens with one attached hydrogen (secondary N) is 1. The summed E-state index contributed by atoms with van der Waals surface area (Å²) in [6, 6.07) is 5.33. The van der Waals surface area contributed by atoms with Gasteiger partial charge in [-0.3, -0.25) is 4.79 Å². The maximum atomic E-state index is 12.3. The standard InChI is InChI=1S/C17H26N2O2/c1-12(10-13-6-4-3-5-7-13)17(20)19-14-8-9-16(21-2)15(18)11-14/h8-9,11-13H,3-7,10,18H2,1-2H3,(H,19,20). The number of methoxy groups -OCH3 is 1. The van der Waals surface area contributed by atoms with E-state index in [0.717, 1.165) is 12.1 Å². The maximum absolute atomic E-state index is 12.3. The summed E-state index contributed by atoms with van der Waals surface area (Å²) in [6.45, 7) is 2.01. The summed E-state index contributed by atoms with van der Waals surface area (Å²) in [7, 11) is 1.58. The van der Waals surface area contributed by atoms with E-state index >= 15 is 0 Å². The van der Waals surface area contributed by atoms with Gasteiger partial charge < -0.3 is 15.8 Å². The SMILES string of the molecule is COc1ccc(NC(=O)C(C)CC2CCCCC2)cc1N. The molecule has 1 aromatic carbocycles. The second-order valence-corrected chi connectivity index (χ2v) is 6.09. The minimum absolute atomic E-state index is 0.0384. The number of carbonyl (C=O) groups is 1. The Bertz CT molecular complexity index is 482. The summed E-state index contributed by atoms with van der Waals surface area (Å²) < 4.78 is 5.12. The molecule has 1 saturated carbocycles. The van der Waals surface area contributed by atoms with E-state index in [4.69, 9.17) is 10.5 Å². The lowest BCUT2D eigenvalue weighted by atomic mass is 9.83. The van der Waals surface area contributed by atoms with Gasteiger partial charge in [-0.15, -0.1) is 0 Å². The van der Waals surface area contributed by atoms with Crippen molar-refractivity contribution in [3.05, 3.63) is 18.2 Å². The molecule has 2 rings (SSSR count). The van der Waals surface area contributed by atoms with Crippen LogP contribution in [0.25, 0.3) is 0 Å². The van der Waals surface area contributed by atoms with E-state index < -0.39 is 0 Å². The Balaban J connectivity index is 1.89. The molecule has 0 spiro atoms. The maximum Gasteiger partial charge on any atom is 0.227 e. The van der Waals surface area contributed by atoms with Gasteiger partial charge in [0.1, 0.15) is 5.75 Å². The highest BCUT2D eigenvalue weighted by atomic mass is 16.5. The molecule has 0 bridgehead atoms. The van der Waals surface area contributed by atoms with Crippen LogP contribution in [0.4, 0.5) is 11.4 Å². The topological polar surface area (TPSA) is 64.3 Å². The van der Waals surface area contributed by atoms with Crippen molar-refractivity contribution in [2.24, 2.45) is 11.8 Å². The normalized spacial score (nSPS) is 17.2. The predicted octanol–water partition coefficient (Wildman–Crippen LogP) is 3.82. The van der Waals surface area contributed by atoms with Crippen molar-refractivity contribution in [1.29, 1.82) is 0 Å². The number of nitrogen functional groups attached to an aromatic ring is 1. The van der Waals surface area contributed by atoms with Crippen LogP contribution in [0.5, 0.6) is 5.75 Å². The minimum Gasteiger partial charge on any atom is -0.495 e. The summed E-state index contributed by atoms with van der Waals surface area (Å²) in [5.74, 6) is 1.45. The van der Waals surface area contributed by atoms with Gasteiger partial charge in [-0.1, -0.05) is 39.0 Å². The molecule has 1 aromatic rings. The van der Waals surface area contributed by atoms with Gasteiger partial charge in [0.2, 0.25) is 5.91 Å². The minimum atomic E-state index is 0.0384. The smallest absolute Gasteiger partial charge is 0.227 e. The van der Waals surface area contributed by atoms with E-state index in [-0.39, 0.29) is 11.8 Å². The van der Waals surface area contributed by atoms with Crippen LogP contribution in [-0.4, -0.2) is 13.0 Å². The van der Waals surface area contributed by atoms with Gasteiger partial charge in [-0.05, 0) is 30.5 Å². The molecule has 0 saturated heterocycles. The van der Waals surface area contributed by atoms with Crippen LogP contribution in [0.15, 0.2) is 18.2 Å². The summed E-state index contributed by atoms with van der Waals surface area (Å²) in [6.07, 6.45) is 7.50. The van der Waals surface area contributed by atoms with E-state index in [1.165, 1.54) is 32.1 Å². The number of anilines is 2. The highest BCUT2D eigenvalue weighted by Gasteiger charge is 2.21. The molecule has 4 heteroatoms. The average Bonchev–Trinajstić information content (AvgIpc) is 2.48. The number of nitrogens with two attached hydrogens (primary N) is 1. The summed E-state index contributed by atoms with van der Waals surface area (Å²) in [5.41, 5.74) is 7.12. The molecule has 1 atom stereocenters. The zero-order chi connectivity index (χ0) is 15.2. The lowest BCUT2D eigenvalue weighted by Crippen LogP contribution is -2.23. The molecule has 0 aliphatic heterocycles. The number of hydrogen-bond donors (Lipinski definition) is 2. The quantitative estimate of drug-likeness (QED) is 0.810. The Morgan fingerprint density at radius 1 is 1.38 bits per heavy atom. The van der Waals surface area contributed by atoms with E-state index in [0.29, 0.717) is 17.4 Å². The zero-order valence-corrected chi connectivity index (χ0v) is 13.0. The number of ether oxygens (including phenoxy) is 1. The first kappa shape index (κ1) is 15.7. The van der Waals surface area contributed by atoms with Crippen LogP contribution in [0.3, 0.4) is 0 Å². The van der Waals surface area contributed by atoms with E-state index in [1.807, 2.05) is 13.0 Å². The fourth-order valence-corrected chi connectivity index (χ4v) is 3.11. The lowest BCUT2D eigenvalue weighted by molar-refractivity contribution is -0.120. The van der Waals surface area contributed by atoms with Crippen molar-refractivity contribution in [2.45, 2.75) is 45.4 Å². The van der Waals surface area contributed by atoms with E-state index in [9.17, 15) is 4.79 Å². The van der Waals surface area contributed by atoms with Crippen LogP contribution in [0.2, 0.25) is 0 Å². The summed E-state index contributed by atoms with van der Waals surface area (Å²) in [4.78, 5) is 12.3. The molecule has 1 fully saturated rings. The van der Waals surface area contributed by atoms with Crippen LogP contribution >= 0.6 is 0 Å². The number of benzene rings is 1. The van der Waals surface area contributed by atoms with Crippen molar-refractivity contribution >= 4 is 17.3 Å². The molecular formula is C17H26N2O2. The zero-order valence-electron chi connectivity index (χ0n) is 13.0. The highest BCUT2D eigenvalue weighted by molar-refractivity contribution is 5.93. The molecule has 21 heavy (non-hydrogen) atoms. The molecule has 116 valence electrons. The Labute approximate surface area is 127 Å². The molecule has 4 nitrogen and oxygen atoms in total. The first-order chi connectivity index (χ1) is 10.1. The van der Waals surface area contributed by atoms with Crippen LogP contribution in [-0.2, 0) is 4.79 Å². The number of rotatable bonds is 5. The van der Waals surface area contributed by atoms with Crippen molar-refractivity contribution in [2.75, 3.05) is 18.2 Å². The Morgan fingerprint density at radius 2 is 2.10 bits per heavy atom. The van der Waals surface area contributed by atoms with Gasteiger partial charge in [-0.25, -0.2) is 0 Å². The molecule has 1 aliphatic rings. The summed E-state index contributed by atoms with van der Waals surface area (Å²) >= 11 is 0. The number of amides is 1. The van der Waals surface area contributed by atoms with Gasteiger partial charge in [0, 0.05) is 11.6 Å². The fraction of sp³-hybridized carbons (Fsp3) is 0.588. The second kappa shape index (κ2) is 7.34. The monoisotopic (exact) mass is 290 g/mol. The van der Waals surface area contributed by atoms with Gasteiger partial charge in [-0.2, -0.15) is 0 Å². The Kier molecular flexibility index (Phi) is 5.48. The third-order valence-electron chi connectivity index (χ3n) is 4.36. The van der Waals surface area contributed by atoms with Gasteiger partial charge in [0.05, 0.1) is 12.8 Å². The average molecular weight is 290 g/mol. The molecule has 3 N–H and O–H groups in total. The first-order valence-electron chi connectivity index (χ1n) is 7.84. The molecule has 1 amide bonds. The largest absolute Gasteiger partial charge is 0.495 e. The molecule has 1 aliphatic carbocycles.